The van der Waals surface area contributed by atoms with Gasteiger partial charge in [0.15, 0.2) is 23.7 Å². The summed E-state index contributed by atoms with van der Waals surface area (Å²) in [5.41, 5.74) is 6.48. The molecule has 0 radical (unpaired) electrons. The third-order valence-corrected chi connectivity index (χ3v) is 12.3. The summed E-state index contributed by atoms with van der Waals surface area (Å²) in [4.78, 5) is 34.2. The number of amides is 1. The molecule has 1 amide bonds. The van der Waals surface area contributed by atoms with Crippen molar-refractivity contribution in [2.24, 2.45) is 4.99 Å². The maximum Gasteiger partial charge on any atom is 0.254 e. The van der Waals surface area contributed by atoms with E-state index in [0.29, 0.717) is 28.7 Å². The minimum atomic E-state index is -1.58. The van der Waals surface area contributed by atoms with E-state index in [1.807, 2.05) is 30.7 Å². The van der Waals surface area contributed by atoms with E-state index in [2.05, 4.69) is 17.0 Å². The van der Waals surface area contributed by atoms with Crippen molar-refractivity contribution >= 4 is 28.7 Å². The predicted octanol–water partition coefficient (Wildman–Crippen LogP) is 4.98. The maximum absolute atomic E-state index is 14.5. The molecule has 1 saturated carbocycles. The van der Waals surface area contributed by atoms with Gasteiger partial charge in [0.1, 0.15) is 47.7 Å². The normalized spacial score (nSPS) is 24.9. The molecule has 6 bridgehead atoms. The van der Waals surface area contributed by atoms with Crippen molar-refractivity contribution < 1.29 is 53.7 Å². The lowest BCUT2D eigenvalue weighted by molar-refractivity contribution is -0.278. The minimum Gasteiger partial charge on any atom is -0.506 e. The van der Waals surface area contributed by atoms with Crippen LogP contribution in [-0.4, -0.2) is 107 Å². The molecule has 2 aliphatic carbocycles. The molecule has 4 heterocycles. The number of carbonyl (C=O) groups is 2. The monoisotopic (exact) mass is 815 g/mol. The standard InChI is InChI=1S/C47H46N2O11/c1-56-31-18-29-19-34(27-8-2-3-9-27)41-37(51)23-49-22-35-28(10-4-12-32(35)46(49)55)11-6-16-58-45-42(52)39(60-47(44(45)54)59-38(20-31)40(29)43(41)53)25-57-24-30-21-48-36-14-13-26(7-5-15-50)17-33(30)36/h4,10,12-14,17-21,27,39,42,44-45,47,50,52,54H,2-3,5,7-9,11,15,22-25H2,1H3/p+1/t39-,42-,44-,45+,47-/m1/s1. The van der Waals surface area contributed by atoms with Gasteiger partial charge < -0.3 is 49.0 Å². The summed E-state index contributed by atoms with van der Waals surface area (Å²) in [7, 11) is 1.50. The Balaban J connectivity index is 1.08. The van der Waals surface area contributed by atoms with E-state index in [9.17, 15) is 30.0 Å². The lowest BCUT2D eigenvalue weighted by atomic mass is 9.87. The summed E-state index contributed by atoms with van der Waals surface area (Å²) in [6.07, 6.45) is 8.72. The van der Waals surface area contributed by atoms with Crippen molar-refractivity contribution in [3.8, 4) is 29.3 Å². The number of allylic oxidation sites excluding steroid dienone is 4. The van der Waals surface area contributed by atoms with Gasteiger partial charge in [-0.3, -0.25) is 9.59 Å². The zero-order valence-electron chi connectivity index (χ0n) is 33.3. The highest BCUT2D eigenvalue weighted by Gasteiger charge is 2.48. The van der Waals surface area contributed by atoms with Crippen molar-refractivity contribution in [2.45, 2.75) is 88.1 Å². The highest BCUT2D eigenvalue weighted by molar-refractivity contribution is 6.11. The molecule has 9 rings (SSSR count). The molecule has 3 aromatic rings. The molecule has 0 spiro atoms. The van der Waals surface area contributed by atoms with Crippen LogP contribution in [0.15, 0.2) is 76.0 Å². The average molecular weight is 816 g/mol. The van der Waals surface area contributed by atoms with Crippen LogP contribution in [0.25, 0.3) is 10.8 Å². The lowest BCUT2D eigenvalue weighted by Gasteiger charge is -2.41. The molecule has 1 saturated heterocycles. The van der Waals surface area contributed by atoms with Crippen molar-refractivity contribution in [3.05, 3.63) is 105 Å². The van der Waals surface area contributed by atoms with Gasteiger partial charge in [0.25, 0.3) is 5.91 Å². The van der Waals surface area contributed by atoms with Crippen molar-refractivity contribution in [3.63, 3.8) is 0 Å². The van der Waals surface area contributed by atoms with Gasteiger partial charge in [-0.1, -0.05) is 30.9 Å². The summed E-state index contributed by atoms with van der Waals surface area (Å²) < 4.78 is 30.4. The molecule has 310 valence electrons. The summed E-state index contributed by atoms with van der Waals surface area (Å²) >= 11 is 0. The van der Waals surface area contributed by atoms with Crippen LogP contribution < -0.4 is 9.47 Å². The third kappa shape index (κ3) is 7.43. The van der Waals surface area contributed by atoms with E-state index in [1.54, 1.807) is 24.4 Å². The Kier molecular flexibility index (Phi) is 11.1. The fraction of sp³-hybridized carbons (Fsp3) is 0.404. The first-order chi connectivity index (χ1) is 29.2. The van der Waals surface area contributed by atoms with Crippen LogP contribution in [0.3, 0.4) is 0 Å². The van der Waals surface area contributed by atoms with Crippen LogP contribution in [0.1, 0.15) is 81.8 Å². The Morgan fingerprint density at radius 1 is 1.07 bits per heavy atom. The van der Waals surface area contributed by atoms with Gasteiger partial charge in [0, 0.05) is 55.3 Å². The molecule has 0 aromatic heterocycles. The van der Waals surface area contributed by atoms with Gasteiger partial charge >= 0.3 is 0 Å². The van der Waals surface area contributed by atoms with Gasteiger partial charge in [-0.2, -0.15) is 4.99 Å². The number of hydrogen-bond acceptors (Lipinski definition) is 12. The summed E-state index contributed by atoms with van der Waals surface area (Å²) in [5, 5.41) is 45.8. The molecule has 0 unspecified atom stereocenters. The molecule has 3 aromatic carbocycles. The molecule has 13 nitrogen and oxygen atoms in total. The summed E-state index contributed by atoms with van der Waals surface area (Å²) in [6, 6.07) is 10.6. The Bertz CT molecular complexity index is 2420. The van der Waals surface area contributed by atoms with Crippen LogP contribution in [0.5, 0.6) is 17.2 Å². The summed E-state index contributed by atoms with van der Waals surface area (Å²) in [5.74, 6) is 2.45. The number of nitrogens with zero attached hydrogens (tertiary/aromatic N) is 2. The fourth-order valence-electron chi connectivity index (χ4n) is 9.19. The Morgan fingerprint density at radius 2 is 1.92 bits per heavy atom. The minimum absolute atomic E-state index is 0.0171. The molecule has 5 atom stereocenters. The van der Waals surface area contributed by atoms with E-state index in [1.165, 1.54) is 18.1 Å². The third-order valence-electron chi connectivity index (χ3n) is 12.3. The molecule has 2 fully saturated rings. The van der Waals surface area contributed by atoms with Gasteiger partial charge in [-0.15, -0.1) is 0 Å². The molecule has 4 N–H and O–H groups in total. The van der Waals surface area contributed by atoms with E-state index in [0.717, 1.165) is 65.6 Å². The number of hydrogen-bond donors (Lipinski definition) is 4. The number of benzene rings is 3. The molecule has 6 aliphatic rings. The van der Waals surface area contributed by atoms with E-state index >= 15 is 0 Å². The van der Waals surface area contributed by atoms with Crippen LogP contribution in [0, 0.1) is 18.4 Å². The number of methoxy groups -OCH3 is 1. The SMILES string of the molecule is COc1cc2c3c(O)c(c(C4CCCC4)cc3c1)C(=O)CN1Cc3c(cccc3C1=O)CC#CO[C@@H]1[C@@H](O)[C@H](O2)O[C@H](COCC2=C3[CH+]C(CCCO)=CC=C3N=C2)[C@H]1O. The first-order valence-corrected chi connectivity index (χ1v) is 20.6. The molecular weight excluding hydrogens is 769 g/mol. The Morgan fingerprint density at radius 3 is 2.73 bits per heavy atom. The van der Waals surface area contributed by atoms with Crippen LogP contribution in [0.2, 0.25) is 0 Å². The molecular formula is C47H47N2O11+. The molecule has 4 aliphatic heterocycles. The lowest BCUT2D eigenvalue weighted by Crippen LogP contribution is -2.60. The zero-order valence-corrected chi connectivity index (χ0v) is 33.3. The first-order valence-electron chi connectivity index (χ1n) is 20.6. The number of ether oxygens (including phenoxy) is 5. The average Bonchev–Trinajstić information content (AvgIpc) is 4.01. The first kappa shape index (κ1) is 39.8. The number of aromatic hydroxyl groups is 1. The summed E-state index contributed by atoms with van der Waals surface area (Å²) in [6.45, 7) is 0.0488. The number of aliphatic hydroxyl groups is 3. The second-order valence-electron chi connectivity index (χ2n) is 16.1. The number of carbonyl (C=O) groups excluding carboxylic acids is 2. The Hall–Kier alpha value is -5.62. The van der Waals surface area contributed by atoms with Crippen molar-refractivity contribution in [2.75, 3.05) is 33.5 Å². The van der Waals surface area contributed by atoms with E-state index < -0.39 is 36.5 Å². The fourth-order valence-corrected chi connectivity index (χ4v) is 9.19. The maximum atomic E-state index is 14.5. The highest BCUT2D eigenvalue weighted by atomic mass is 16.7. The number of phenols is 1. The number of phenolic OH excluding ortho intramolecular Hbond substituents is 1. The van der Waals surface area contributed by atoms with Crippen LogP contribution in [0.4, 0.5) is 0 Å². The topological polar surface area (TPSA) is 177 Å². The molecule has 13 heteroatoms. The van der Waals surface area contributed by atoms with Gasteiger partial charge in [0.05, 0.1) is 43.0 Å². The second-order valence-corrected chi connectivity index (χ2v) is 16.1. The number of aliphatic hydroxyl groups excluding tert-OH is 3. The largest absolute Gasteiger partial charge is 0.506 e. The number of Topliss-reactive ketones (excluding diaryl/α,β-unsaturated/α-hetero) is 1. The highest BCUT2D eigenvalue weighted by Crippen LogP contribution is 2.47. The van der Waals surface area contributed by atoms with Crippen molar-refractivity contribution in [1.29, 1.82) is 0 Å². The quantitative estimate of drug-likeness (QED) is 0.169. The van der Waals surface area contributed by atoms with Crippen molar-refractivity contribution in [1.82, 2.24) is 4.90 Å². The number of rotatable bonds is 9. The van der Waals surface area contributed by atoms with Crippen LogP contribution >= 0.6 is 0 Å². The zero-order chi connectivity index (χ0) is 41.5. The number of ketones is 1. The van der Waals surface area contributed by atoms with E-state index in [-0.39, 0.29) is 73.6 Å². The van der Waals surface area contributed by atoms with Gasteiger partial charge in [0.2, 0.25) is 6.29 Å². The molecule has 60 heavy (non-hydrogen) atoms. The van der Waals surface area contributed by atoms with E-state index in [4.69, 9.17) is 23.7 Å². The van der Waals surface area contributed by atoms with Gasteiger partial charge in [-0.05, 0) is 71.9 Å². The predicted molar refractivity (Wildman–Crippen MR) is 220 cm³/mol. The van der Waals surface area contributed by atoms with Gasteiger partial charge in [-0.25, -0.2) is 0 Å². The number of aliphatic imine (C=N–C) groups is 1. The Labute approximate surface area is 347 Å². The second kappa shape index (κ2) is 16.8. The number of fused-ring (bicyclic) bond motifs is 5. The van der Waals surface area contributed by atoms with Crippen LogP contribution in [-0.2, 0) is 27.2 Å². The smallest absolute Gasteiger partial charge is 0.254 e.